The molecule has 1 atom stereocenters. The molecule has 5 heteroatoms. The van der Waals surface area contributed by atoms with Crippen LogP contribution >= 0.6 is 0 Å². The number of rotatable bonds is 5. The minimum atomic E-state index is -2.42. The summed E-state index contributed by atoms with van der Waals surface area (Å²) >= 11 is 4.59. The van der Waals surface area contributed by atoms with E-state index in [1.165, 1.54) is 6.26 Å². The van der Waals surface area contributed by atoms with Gasteiger partial charge < -0.3 is 4.48 Å². The van der Waals surface area contributed by atoms with E-state index in [1.54, 1.807) is 0 Å². The van der Waals surface area contributed by atoms with Crippen LogP contribution in [0.15, 0.2) is 0 Å². The van der Waals surface area contributed by atoms with Crippen LogP contribution in [-0.4, -0.2) is 49.2 Å². The van der Waals surface area contributed by atoms with Gasteiger partial charge in [-0.1, -0.05) is 0 Å². The average Bonchev–Trinajstić information content (AvgIpc) is 1.76. The SMILES string of the molecule is C[N+](C)(C)CCCOS(C)(=O)=S. The molecule has 0 aliphatic rings. The molecule has 0 saturated heterocycles. The first kappa shape index (κ1) is 12.3. The third-order valence-electron chi connectivity index (χ3n) is 1.27. The van der Waals surface area contributed by atoms with Crippen molar-refractivity contribution in [2.75, 3.05) is 40.6 Å². The van der Waals surface area contributed by atoms with Crippen LogP contribution in [0.4, 0.5) is 0 Å². The highest BCUT2D eigenvalue weighted by atomic mass is 32.8. The Morgan fingerprint density at radius 1 is 1.42 bits per heavy atom. The zero-order valence-electron chi connectivity index (χ0n) is 8.20. The Morgan fingerprint density at radius 3 is 2.25 bits per heavy atom. The lowest BCUT2D eigenvalue weighted by Gasteiger charge is -2.23. The van der Waals surface area contributed by atoms with E-state index in [4.69, 9.17) is 4.18 Å². The molecule has 0 amide bonds. The van der Waals surface area contributed by atoms with Gasteiger partial charge >= 0.3 is 0 Å². The van der Waals surface area contributed by atoms with E-state index in [1.807, 2.05) is 0 Å². The third-order valence-corrected chi connectivity index (χ3v) is 2.15. The minimum Gasteiger partial charge on any atom is -0.331 e. The van der Waals surface area contributed by atoms with Gasteiger partial charge in [0, 0.05) is 23.9 Å². The fourth-order valence-electron chi connectivity index (χ4n) is 0.749. The van der Waals surface area contributed by atoms with Crippen molar-refractivity contribution in [2.24, 2.45) is 0 Å². The summed E-state index contributed by atoms with van der Waals surface area (Å²) in [5.41, 5.74) is 0. The Kier molecular flexibility index (Phi) is 4.61. The first-order valence-corrected chi connectivity index (χ1v) is 6.67. The summed E-state index contributed by atoms with van der Waals surface area (Å²) in [6, 6.07) is 0. The van der Waals surface area contributed by atoms with Crippen molar-refractivity contribution in [3.05, 3.63) is 0 Å². The van der Waals surface area contributed by atoms with E-state index in [0.717, 1.165) is 17.4 Å². The standard InChI is InChI=1S/C7H18NO2S2/c1-8(2,3)6-5-7-10-12(4,9)11/h5-7H2,1-4H3/q+1. The minimum absolute atomic E-state index is 0.494. The van der Waals surface area contributed by atoms with Crippen molar-refractivity contribution in [2.45, 2.75) is 6.42 Å². The molecule has 0 aromatic heterocycles. The highest BCUT2D eigenvalue weighted by Crippen LogP contribution is 1.96. The molecule has 0 heterocycles. The summed E-state index contributed by atoms with van der Waals surface area (Å²) < 4.78 is 16.8. The van der Waals surface area contributed by atoms with Crippen molar-refractivity contribution in [1.82, 2.24) is 0 Å². The van der Waals surface area contributed by atoms with Crippen LogP contribution in [0.3, 0.4) is 0 Å². The molecule has 0 aliphatic carbocycles. The lowest BCUT2D eigenvalue weighted by molar-refractivity contribution is -0.870. The molecule has 0 aromatic carbocycles. The zero-order chi connectivity index (χ0) is 9.83. The van der Waals surface area contributed by atoms with Crippen LogP contribution in [0.5, 0.6) is 0 Å². The fraction of sp³-hybridized carbons (Fsp3) is 1.00. The Morgan fingerprint density at radius 2 is 1.92 bits per heavy atom. The molecule has 0 aromatic rings. The lowest BCUT2D eigenvalue weighted by Crippen LogP contribution is -2.35. The van der Waals surface area contributed by atoms with E-state index in [2.05, 4.69) is 32.3 Å². The molecule has 0 saturated carbocycles. The van der Waals surface area contributed by atoms with Crippen LogP contribution < -0.4 is 0 Å². The number of quaternary nitrogens is 1. The van der Waals surface area contributed by atoms with Gasteiger partial charge in [-0.15, -0.1) is 0 Å². The second kappa shape index (κ2) is 4.50. The van der Waals surface area contributed by atoms with Gasteiger partial charge in [-0.2, -0.15) is 0 Å². The molecule has 74 valence electrons. The molecule has 0 radical (unpaired) electrons. The maximum Gasteiger partial charge on any atom is 0.141 e. The van der Waals surface area contributed by atoms with Crippen LogP contribution in [0.25, 0.3) is 0 Å². The highest BCUT2D eigenvalue weighted by Gasteiger charge is 2.06. The summed E-state index contributed by atoms with van der Waals surface area (Å²) in [4.78, 5) is 0. The first-order chi connectivity index (χ1) is 5.21. The molecule has 0 spiro atoms. The predicted molar refractivity (Wildman–Crippen MR) is 54.9 cm³/mol. The molecular formula is C7H18NO2S2+. The van der Waals surface area contributed by atoms with Crippen molar-refractivity contribution in [3.8, 4) is 0 Å². The lowest BCUT2D eigenvalue weighted by atomic mass is 10.4. The highest BCUT2D eigenvalue weighted by molar-refractivity contribution is 8.29. The Hall–Kier alpha value is 0.290. The summed E-state index contributed by atoms with van der Waals surface area (Å²) in [7, 11) is 3.91. The topological polar surface area (TPSA) is 26.3 Å². The zero-order valence-corrected chi connectivity index (χ0v) is 9.83. The molecule has 0 aliphatic heterocycles. The fourth-order valence-corrected chi connectivity index (χ4v) is 1.37. The molecular weight excluding hydrogens is 194 g/mol. The van der Waals surface area contributed by atoms with Crippen LogP contribution in [0.1, 0.15) is 6.42 Å². The molecule has 0 N–H and O–H groups in total. The second-order valence-corrected chi connectivity index (χ2v) is 7.35. The molecule has 12 heavy (non-hydrogen) atoms. The smallest absolute Gasteiger partial charge is 0.141 e. The first-order valence-electron chi connectivity index (χ1n) is 3.85. The molecule has 0 bridgehead atoms. The van der Waals surface area contributed by atoms with E-state index >= 15 is 0 Å². The largest absolute Gasteiger partial charge is 0.331 e. The number of hydrogen-bond acceptors (Lipinski definition) is 3. The van der Waals surface area contributed by atoms with Crippen LogP contribution in [0.2, 0.25) is 0 Å². The molecule has 0 fully saturated rings. The molecule has 3 nitrogen and oxygen atoms in total. The van der Waals surface area contributed by atoms with E-state index in [0.29, 0.717) is 6.61 Å². The second-order valence-electron chi connectivity index (χ2n) is 3.89. The van der Waals surface area contributed by atoms with Gasteiger partial charge in [0.1, 0.15) is 8.77 Å². The van der Waals surface area contributed by atoms with Gasteiger partial charge in [-0.3, -0.25) is 4.18 Å². The Labute approximate surface area is 80.2 Å². The van der Waals surface area contributed by atoms with Gasteiger partial charge in [-0.25, -0.2) is 4.21 Å². The van der Waals surface area contributed by atoms with Gasteiger partial charge in [0.05, 0.1) is 34.3 Å². The van der Waals surface area contributed by atoms with E-state index in [9.17, 15) is 4.21 Å². The summed E-state index contributed by atoms with van der Waals surface area (Å²) in [6.07, 6.45) is 2.33. The third kappa shape index (κ3) is 10.3. The summed E-state index contributed by atoms with van der Waals surface area (Å²) in [5.74, 6) is 0. The average molecular weight is 212 g/mol. The summed E-state index contributed by atoms with van der Waals surface area (Å²) in [6.45, 7) is 1.50. The maximum absolute atomic E-state index is 10.9. The van der Waals surface area contributed by atoms with Crippen molar-refractivity contribution < 1.29 is 12.9 Å². The van der Waals surface area contributed by atoms with Crippen molar-refractivity contribution >= 4 is 20.0 Å². The van der Waals surface area contributed by atoms with Gasteiger partial charge in [-0.05, 0) is 0 Å². The van der Waals surface area contributed by atoms with Gasteiger partial charge in [0.15, 0.2) is 0 Å². The normalized spacial score (nSPS) is 17.3. The van der Waals surface area contributed by atoms with Gasteiger partial charge in [0.25, 0.3) is 0 Å². The molecule has 0 rings (SSSR count). The number of nitrogens with zero attached hydrogens (tertiary/aromatic N) is 1. The van der Waals surface area contributed by atoms with E-state index in [-0.39, 0.29) is 0 Å². The summed E-state index contributed by atoms with van der Waals surface area (Å²) in [5, 5.41) is 0. The van der Waals surface area contributed by atoms with E-state index < -0.39 is 8.77 Å². The predicted octanol–water partition coefficient (Wildman–Crippen LogP) is 0.390. The Bertz CT molecular complexity index is 216. The quantitative estimate of drug-likeness (QED) is 0.487. The van der Waals surface area contributed by atoms with Gasteiger partial charge in [0.2, 0.25) is 0 Å². The van der Waals surface area contributed by atoms with Crippen LogP contribution in [0, 0.1) is 0 Å². The Balaban J connectivity index is 3.48. The van der Waals surface area contributed by atoms with Crippen LogP contribution in [-0.2, 0) is 24.1 Å². The maximum atomic E-state index is 10.9. The van der Waals surface area contributed by atoms with Crippen molar-refractivity contribution in [3.63, 3.8) is 0 Å². The number of hydrogen-bond donors (Lipinski definition) is 0. The molecule has 1 unspecified atom stereocenters. The van der Waals surface area contributed by atoms with Crippen molar-refractivity contribution in [1.29, 1.82) is 0 Å². The monoisotopic (exact) mass is 212 g/mol.